The van der Waals surface area contributed by atoms with Crippen LogP contribution in [-0.2, 0) is 4.74 Å². The van der Waals surface area contributed by atoms with E-state index in [0.717, 1.165) is 5.56 Å². The van der Waals surface area contributed by atoms with Gasteiger partial charge in [0, 0.05) is 21.8 Å². The Labute approximate surface area is 188 Å². The van der Waals surface area contributed by atoms with Gasteiger partial charge in [0.1, 0.15) is 0 Å². The third-order valence-electron chi connectivity index (χ3n) is 4.47. The van der Waals surface area contributed by atoms with E-state index in [1.54, 1.807) is 24.3 Å². The van der Waals surface area contributed by atoms with Crippen molar-refractivity contribution in [1.29, 1.82) is 0 Å². The minimum absolute atomic E-state index is 0.188. The Morgan fingerprint density at radius 2 is 1.53 bits per heavy atom. The first-order valence-electron chi connectivity index (χ1n) is 9.49. The number of benzene rings is 3. The molecule has 1 heterocycles. The zero-order valence-corrected chi connectivity index (χ0v) is 17.6. The van der Waals surface area contributed by atoms with E-state index in [1.807, 2.05) is 30.3 Å². The molecule has 160 valence electrons. The van der Waals surface area contributed by atoms with Gasteiger partial charge in [-0.2, -0.15) is 0 Å². The van der Waals surface area contributed by atoms with E-state index < -0.39 is 12.0 Å². The Kier molecular flexibility index (Phi) is 6.14. The molecule has 3 aromatic carbocycles. The molecule has 0 saturated heterocycles. The lowest BCUT2D eigenvalue weighted by atomic mass is 10.2. The van der Waals surface area contributed by atoms with Gasteiger partial charge >= 0.3 is 12.0 Å². The van der Waals surface area contributed by atoms with Crippen molar-refractivity contribution in [3.8, 4) is 22.9 Å². The molecule has 0 aliphatic rings. The normalized spacial score (nSPS) is 10.4. The molecule has 0 radical (unpaired) electrons. The highest BCUT2D eigenvalue weighted by Gasteiger charge is 2.15. The molecule has 0 fully saturated rings. The highest BCUT2D eigenvalue weighted by Crippen LogP contribution is 2.25. The zero-order valence-electron chi connectivity index (χ0n) is 16.8. The lowest BCUT2D eigenvalue weighted by Crippen LogP contribution is -2.21. The lowest BCUT2D eigenvalue weighted by Gasteiger charge is -2.11. The maximum atomic E-state index is 12.4. The quantitative estimate of drug-likeness (QED) is 0.391. The smallest absolute Gasteiger partial charge is 0.339 e. The number of aromatic nitrogens is 2. The first-order valence-corrected chi connectivity index (χ1v) is 9.86. The predicted octanol–water partition coefficient (Wildman–Crippen LogP) is 5.49. The number of halogens is 1. The SMILES string of the molecule is COC(=O)c1ccc(Cl)cc1NC(=O)Nc1ccc(-c2nnc(-c3ccccc3)o2)cc1. The van der Waals surface area contributed by atoms with Crippen molar-refractivity contribution in [2.45, 2.75) is 0 Å². The Morgan fingerprint density at radius 1 is 0.875 bits per heavy atom. The lowest BCUT2D eigenvalue weighted by molar-refractivity contribution is 0.0602. The van der Waals surface area contributed by atoms with E-state index in [9.17, 15) is 9.59 Å². The minimum Gasteiger partial charge on any atom is -0.465 e. The second-order valence-corrected chi connectivity index (χ2v) is 7.05. The monoisotopic (exact) mass is 448 g/mol. The van der Waals surface area contributed by atoms with Gasteiger partial charge in [0.25, 0.3) is 0 Å². The van der Waals surface area contributed by atoms with Gasteiger partial charge in [-0.1, -0.05) is 29.8 Å². The highest BCUT2D eigenvalue weighted by molar-refractivity contribution is 6.31. The van der Waals surface area contributed by atoms with Crippen LogP contribution in [0.5, 0.6) is 0 Å². The van der Waals surface area contributed by atoms with Gasteiger partial charge in [-0.05, 0) is 54.6 Å². The number of rotatable bonds is 5. The summed E-state index contributed by atoms with van der Waals surface area (Å²) in [7, 11) is 1.26. The number of ether oxygens (including phenoxy) is 1. The van der Waals surface area contributed by atoms with Crippen LogP contribution >= 0.6 is 11.6 Å². The molecule has 4 rings (SSSR count). The third-order valence-corrected chi connectivity index (χ3v) is 4.71. The molecule has 0 aliphatic heterocycles. The number of hydrogen-bond donors (Lipinski definition) is 2. The average molecular weight is 449 g/mol. The summed E-state index contributed by atoms with van der Waals surface area (Å²) >= 11 is 5.98. The summed E-state index contributed by atoms with van der Waals surface area (Å²) < 4.78 is 10.5. The van der Waals surface area contributed by atoms with E-state index in [1.165, 1.54) is 25.3 Å². The van der Waals surface area contributed by atoms with Gasteiger partial charge < -0.3 is 19.8 Å². The van der Waals surface area contributed by atoms with Gasteiger partial charge in [0.05, 0.1) is 18.4 Å². The topological polar surface area (TPSA) is 106 Å². The molecule has 8 nitrogen and oxygen atoms in total. The van der Waals surface area contributed by atoms with E-state index in [4.69, 9.17) is 20.8 Å². The van der Waals surface area contributed by atoms with E-state index >= 15 is 0 Å². The largest absolute Gasteiger partial charge is 0.465 e. The summed E-state index contributed by atoms with van der Waals surface area (Å²) in [6.07, 6.45) is 0. The summed E-state index contributed by atoms with van der Waals surface area (Å²) in [6, 6.07) is 20.3. The van der Waals surface area contributed by atoms with Crippen molar-refractivity contribution in [3.63, 3.8) is 0 Å². The van der Waals surface area contributed by atoms with Crippen molar-refractivity contribution in [2.75, 3.05) is 17.7 Å². The number of nitrogens with zero attached hydrogens (tertiary/aromatic N) is 2. The molecule has 0 aliphatic carbocycles. The van der Waals surface area contributed by atoms with Crippen molar-refractivity contribution < 1.29 is 18.7 Å². The fourth-order valence-corrected chi connectivity index (χ4v) is 3.10. The first kappa shape index (κ1) is 21.1. The molecule has 0 bridgehead atoms. The van der Waals surface area contributed by atoms with Gasteiger partial charge in [-0.25, -0.2) is 9.59 Å². The first-order chi connectivity index (χ1) is 15.5. The van der Waals surface area contributed by atoms with Crippen LogP contribution in [0.1, 0.15) is 10.4 Å². The number of carbonyl (C=O) groups excluding carboxylic acids is 2. The van der Waals surface area contributed by atoms with Gasteiger partial charge in [0.2, 0.25) is 11.8 Å². The maximum Gasteiger partial charge on any atom is 0.339 e. The van der Waals surface area contributed by atoms with Crippen molar-refractivity contribution in [1.82, 2.24) is 10.2 Å². The molecule has 2 N–H and O–H groups in total. The Balaban J connectivity index is 1.45. The molecule has 2 amide bonds. The number of methoxy groups -OCH3 is 1. The molecule has 0 spiro atoms. The molecule has 0 atom stereocenters. The van der Waals surface area contributed by atoms with Crippen molar-refractivity contribution in [2.24, 2.45) is 0 Å². The summed E-state index contributed by atoms with van der Waals surface area (Å²) in [5, 5.41) is 13.8. The number of anilines is 2. The van der Waals surface area contributed by atoms with Crippen molar-refractivity contribution in [3.05, 3.63) is 83.4 Å². The van der Waals surface area contributed by atoms with Gasteiger partial charge in [-0.15, -0.1) is 10.2 Å². The van der Waals surface area contributed by atoms with Crippen LogP contribution in [0, 0.1) is 0 Å². The van der Waals surface area contributed by atoms with Crippen LogP contribution in [0.15, 0.2) is 77.2 Å². The number of carbonyl (C=O) groups is 2. The number of urea groups is 1. The number of esters is 1. The summed E-state index contributed by atoms with van der Waals surface area (Å²) in [6.45, 7) is 0. The molecule has 32 heavy (non-hydrogen) atoms. The summed E-state index contributed by atoms with van der Waals surface area (Å²) in [5.74, 6) is 0.197. The summed E-state index contributed by atoms with van der Waals surface area (Å²) in [5.41, 5.74) is 2.48. The molecular weight excluding hydrogens is 432 g/mol. The van der Waals surface area contributed by atoms with Crippen LogP contribution in [-0.4, -0.2) is 29.3 Å². The minimum atomic E-state index is -0.587. The second-order valence-electron chi connectivity index (χ2n) is 6.62. The van der Waals surface area contributed by atoms with Crippen LogP contribution in [0.25, 0.3) is 22.9 Å². The number of amides is 2. The fourth-order valence-electron chi connectivity index (χ4n) is 2.93. The molecule has 9 heteroatoms. The highest BCUT2D eigenvalue weighted by atomic mass is 35.5. The second kappa shape index (κ2) is 9.32. The maximum absolute atomic E-state index is 12.4. The Morgan fingerprint density at radius 3 is 2.19 bits per heavy atom. The predicted molar refractivity (Wildman–Crippen MR) is 121 cm³/mol. The molecule has 0 unspecified atom stereocenters. The zero-order chi connectivity index (χ0) is 22.5. The van der Waals surface area contributed by atoms with Crippen LogP contribution in [0.3, 0.4) is 0 Å². The molecule has 1 aromatic heterocycles. The van der Waals surface area contributed by atoms with Crippen LogP contribution in [0.2, 0.25) is 5.02 Å². The average Bonchev–Trinajstić information content (AvgIpc) is 3.30. The van der Waals surface area contributed by atoms with E-state index in [2.05, 4.69) is 20.8 Å². The van der Waals surface area contributed by atoms with E-state index in [0.29, 0.717) is 28.1 Å². The third kappa shape index (κ3) is 4.76. The summed E-state index contributed by atoms with van der Waals surface area (Å²) in [4.78, 5) is 24.3. The molecular formula is C23H17ClN4O4. The molecule has 0 saturated carbocycles. The van der Waals surface area contributed by atoms with Gasteiger partial charge in [-0.3, -0.25) is 0 Å². The number of hydrogen-bond acceptors (Lipinski definition) is 6. The number of nitrogens with one attached hydrogen (secondary N) is 2. The Hall–Kier alpha value is -4.17. The Bertz CT molecular complexity index is 1260. The van der Waals surface area contributed by atoms with Crippen LogP contribution in [0.4, 0.5) is 16.2 Å². The standard InChI is InChI=1S/C23H17ClN4O4/c1-31-22(29)18-12-9-16(24)13-19(18)26-23(30)25-17-10-7-15(8-11-17)21-28-27-20(32-21)14-5-3-2-4-6-14/h2-13H,1H3,(H2,25,26,30). The van der Waals surface area contributed by atoms with Crippen LogP contribution < -0.4 is 10.6 Å². The fraction of sp³-hybridized carbons (Fsp3) is 0.0435. The van der Waals surface area contributed by atoms with Crippen molar-refractivity contribution >= 4 is 35.0 Å². The van der Waals surface area contributed by atoms with E-state index in [-0.39, 0.29) is 11.3 Å². The van der Waals surface area contributed by atoms with Gasteiger partial charge in [0.15, 0.2) is 0 Å². The molecule has 4 aromatic rings.